The van der Waals surface area contributed by atoms with Crippen LogP contribution in [0.1, 0.15) is 43.9 Å². The Morgan fingerprint density at radius 3 is 2.67 bits per heavy atom. The molecule has 1 N–H and O–H groups in total. The molecule has 0 saturated heterocycles. The first-order valence-electron chi connectivity index (χ1n) is 6.19. The van der Waals surface area contributed by atoms with Crippen molar-refractivity contribution in [2.24, 2.45) is 0 Å². The molecule has 1 rings (SSSR count). The van der Waals surface area contributed by atoms with Crippen molar-refractivity contribution >= 4 is 0 Å². The van der Waals surface area contributed by atoms with Crippen molar-refractivity contribution in [3.05, 3.63) is 34.9 Å². The van der Waals surface area contributed by atoms with E-state index in [1.165, 1.54) is 12.1 Å². The monoisotopic (exact) mass is 251 g/mol. The van der Waals surface area contributed by atoms with Gasteiger partial charge in [-0.3, -0.25) is 0 Å². The van der Waals surface area contributed by atoms with Gasteiger partial charge < -0.3 is 5.32 Å². The molecule has 0 spiro atoms. The topological polar surface area (TPSA) is 12.0 Å². The number of aryl methyl sites for hydroxylation is 1. The summed E-state index contributed by atoms with van der Waals surface area (Å²) in [6.45, 7) is 6.09. The van der Waals surface area contributed by atoms with Crippen LogP contribution in [-0.4, -0.2) is 6.54 Å². The number of nitrogens with one attached hydrogen (secondary N) is 1. The number of halogens is 2. The summed E-state index contributed by atoms with van der Waals surface area (Å²) in [6, 6.07) is 2.38. The Morgan fingerprint density at radius 1 is 1.33 bits per heavy atom. The summed E-state index contributed by atoms with van der Waals surface area (Å²) < 4.78 is 27.8. The van der Waals surface area contributed by atoms with E-state index in [9.17, 15) is 8.78 Å². The Hall–Kier alpha value is -1.40. The summed E-state index contributed by atoms with van der Waals surface area (Å²) in [5.41, 5.74) is 0.561. The molecule has 0 bridgehead atoms. The third-order valence-electron chi connectivity index (χ3n) is 2.79. The molecule has 0 radical (unpaired) electrons. The van der Waals surface area contributed by atoms with Crippen LogP contribution in [0.15, 0.2) is 12.1 Å². The second-order valence-corrected chi connectivity index (χ2v) is 4.23. The van der Waals surface area contributed by atoms with Gasteiger partial charge in [-0.2, -0.15) is 0 Å². The number of hydrogen-bond donors (Lipinski definition) is 1. The van der Waals surface area contributed by atoms with Crippen LogP contribution >= 0.6 is 0 Å². The average Bonchev–Trinajstić information content (AvgIpc) is 2.36. The Labute approximate surface area is 108 Å². The second-order valence-electron chi connectivity index (χ2n) is 4.23. The first kappa shape index (κ1) is 14.7. The van der Waals surface area contributed by atoms with Gasteiger partial charge >= 0.3 is 0 Å². The molecule has 0 aliphatic rings. The highest BCUT2D eigenvalue weighted by Crippen LogP contribution is 2.25. The van der Waals surface area contributed by atoms with E-state index in [1.807, 2.05) is 6.92 Å². The van der Waals surface area contributed by atoms with Gasteiger partial charge in [0.25, 0.3) is 0 Å². The summed E-state index contributed by atoms with van der Waals surface area (Å²) in [5, 5.41) is 3.15. The van der Waals surface area contributed by atoms with Crippen molar-refractivity contribution in [3.8, 4) is 11.8 Å². The maximum Gasteiger partial charge on any atom is 0.133 e. The zero-order chi connectivity index (χ0) is 13.5. The van der Waals surface area contributed by atoms with Gasteiger partial charge in [-0.25, -0.2) is 8.78 Å². The Balaban J connectivity index is 3.09. The highest BCUT2D eigenvalue weighted by atomic mass is 19.1. The third-order valence-corrected chi connectivity index (χ3v) is 2.79. The van der Waals surface area contributed by atoms with Crippen LogP contribution in [0.5, 0.6) is 0 Å². The fourth-order valence-corrected chi connectivity index (χ4v) is 1.80. The van der Waals surface area contributed by atoms with Crippen molar-refractivity contribution in [3.63, 3.8) is 0 Å². The minimum absolute atomic E-state index is 0.103. The fraction of sp³-hybridized carbons (Fsp3) is 0.467. The minimum atomic E-state index is -0.510. The summed E-state index contributed by atoms with van der Waals surface area (Å²) in [6.07, 6.45) is 1.32. The van der Waals surface area contributed by atoms with Crippen LogP contribution in [0.3, 0.4) is 0 Å². The van der Waals surface area contributed by atoms with Gasteiger partial charge in [0.1, 0.15) is 11.6 Å². The normalized spacial score (nSPS) is 11.8. The van der Waals surface area contributed by atoms with Gasteiger partial charge in [-0.15, -0.1) is 11.8 Å². The van der Waals surface area contributed by atoms with Gasteiger partial charge in [0, 0.05) is 18.0 Å². The van der Waals surface area contributed by atoms with Gasteiger partial charge in [0.2, 0.25) is 0 Å². The first-order valence-corrected chi connectivity index (χ1v) is 6.19. The molecular weight excluding hydrogens is 232 g/mol. The molecule has 1 atom stereocenters. The van der Waals surface area contributed by atoms with Crippen molar-refractivity contribution in [2.45, 2.75) is 39.7 Å². The molecule has 1 aromatic rings. The molecule has 18 heavy (non-hydrogen) atoms. The van der Waals surface area contributed by atoms with E-state index in [1.54, 1.807) is 13.8 Å². The SMILES string of the molecule is CC#CCC(NCCC)c1c(F)ccc(C)c1F. The lowest BCUT2D eigenvalue weighted by Crippen LogP contribution is -2.24. The Bertz CT molecular complexity index is 458. The molecule has 1 aromatic carbocycles. The number of rotatable bonds is 5. The standard InChI is InChI=1S/C15H19F2N/c1-4-6-7-13(18-10-5-2)14-12(16)9-8-11(3)15(14)17/h8-9,13,18H,5,7,10H2,1-3H3. The second kappa shape index (κ2) is 7.13. The molecule has 3 heteroatoms. The molecular formula is C15H19F2N. The van der Waals surface area contributed by atoms with E-state index in [-0.39, 0.29) is 5.56 Å². The Kier molecular flexibility index (Phi) is 5.80. The van der Waals surface area contributed by atoms with Crippen LogP contribution in [0, 0.1) is 30.4 Å². The molecule has 0 aliphatic carbocycles. The number of hydrogen-bond acceptors (Lipinski definition) is 1. The van der Waals surface area contributed by atoms with Crippen LogP contribution in [0.25, 0.3) is 0 Å². The molecule has 0 aromatic heterocycles. The first-order chi connectivity index (χ1) is 8.61. The maximum absolute atomic E-state index is 14.0. The van der Waals surface area contributed by atoms with Crippen molar-refractivity contribution < 1.29 is 8.78 Å². The smallest absolute Gasteiger partial charge is 0.133 e. The minimum Gasteiger partial charge on any atom is -0.309 e. The van der Waals surface area contributed by atoms with E-state index in [0.717, 1.165) is 6.42 Å². The van der Waals surface area contributed by atoms with E-state index in [2.05, 4.69) is 17.2 Å². The summed E-state index contributed by atoms with van der Waals surface area (Å²) in [7, 11) is 0. The molecule has 0 saturated carbocycles. The molecule has 0 aliphatic heterocycles. The van der Waals surface area contributed by atoms with Crippen molar-refractivity contribution in [1.82, 2.24) is 5.32 Å². The summed E-state index contributed by atoms with van der Waals surface area (Å²) >= 11 is 0. The zero-order valence-corrected chi connectivity index (χ0v) is 11.1. The molecule has 0 heterocycles. The van der Waals surface area contributed by atoms with Gasteiger partial charge in [-0.05, 0) is 38.4 Å². The molecule has 0 amide bonds. The van der Waals surface area contributed by atoms with Gasteiger partial charge in [0.15, 0.2) is 0 Å². The quantitative estimate of drug-likeness (QED) is 0.786. The van der Waals surface area contributed by atoms with E-state index in [0.29, 0.717) is 18.5 Å². The lowest BCUT2D eigenvalue weighted by Gasteiger charge is -2.18. The summed E-state index contributed by atoms with van der Waals surface area (Å²) in [5.74, 6) is 4.67. The fourth-order valence-electron chi connectivity index (χ4n) is 1.80. The molecule has 98 valence electrons. The van der Waals surface area contributed by atoms with Crippen LogP contribution in [-0.2, 0) is 0 Å². The average molecular weight is 251 g/mol. The summed E-state index contributed by atoms with van der Waals surface area (Å²) in [4.78, 5) is 0. The van der Waals surface area contributed by atoms with E-state index < -0.39 is 17.7 Å². The Morgan fingerprint density at radius 2 is 2.06 bits per heavy atom. The lowest BCUT2D eigenvalue weighted by atomic mass is 10.00. The van der Waals surface area contributed by atoms with Gasteiger partial charge in [0.05, 0.1) is 0 Å². The molecule has 1 nitrogen and oxygen atoms in total. The third kappa shape index (κ3) is 3.54. The van der Waals surface area contributed by atoms with Crippen LogP contribution < -0.4 is 5.32 Å². The molecule has 1 unspecified atom stereocenters. The van der Waals surface area contributed by atoms with Crippen molar-refractivity contribution in [1.29, 1.82) is 0 Å². The predicted molar refractivity (Wildman–Crippen MR) is 70.2 cm³/mol. The maximum atomic E-state index is 14.0. The number of benzene rings is 1. The van der Waals surface area contributed by atoms with Gasteiger partial charge in [-0.1, -0.05) is 13.0 Å². The van der Waals surface area contributed by atoms with Crippen LogP contribution in [0.4, 0.5) is 8.78 Å². The highest BCUT2D eigenvalue weighted by Gasteiger charge is 2.20. The van der Waals surface area contributed by atoms with E-state index in [4.69, 9.17) is 0 Å². The predicted octanol–water partition coefficient (Wildman–Crippen LogP) is 3.73. The largest absolute Gasteiger partial charge is 0.309 e. The van der Waals surface area contributed by atoms with E-state index >= 15 is 0 Å². The lowest BCUT2D eigenvalue weighted by molar-refractivity contribution is 0.469. The van der Waals surface area contributed by atoms with Crippen molar-refractivity contribution in [2.75, 3.05) is 6.54 Å². The molecule has 0 fully saturated rings. The highest BCUT2D eigenvalue weighted by molar-refractivity contribution is 5.30. The van der Waals surface area contributed by atoms with Crippen LogP contribution in [0.2, 0.25) is 0 Å². The zero-order valence-electron chi connectivity index (χ0n) is 11.1.